The molecule has 150 valence electrons. The summed E-state index contributed by atoms with van der Waals surface area (Å²) in [4.78, 5) is 0.0681. The normalized spacial score (nSPS) is 34.9. The van der Waals surface area contributed by atoms with Crippen LogP contribution in [0.5, 0.6) is 0 Å². The molecule has 3 aliphatic rings. The average Bonchev–Trinajstić information content (AvgIpc) is 2.98. The van der Waals surface area contributed by atoms with E-state index in [0.29, 0.717) is 0 Å². The Hall–Kier alpha value is -1.01. The van der Waals surface area contributed by atoms with Crippen LogP contribution in [0.2, 0.25) is 0 Å². The molecule has 0 bridgehead atoms. The van der Waals surface area contributed by atoms with Gasteiger partial charge in [-0.1, -0.05) is 6.07 Å². The highest BCUT2D eigenvalue weighted by molar-refractivity contribution is 7.92. The van der Waals surface area contributed by atoms with Gasteiger partial charge in [0.25, 0.3) is 0 Å². The third kappa shape index (κ3) is 3.23. The second-order valence-electron chi connectivity index (χ2n) is 7.75. The van der Waals surface area contributed by atoms with Crippen molar-refractivity contribution < 1.29 is 25.3 Å². The van der Waals surface area contributed by atoms with Gasteiger partial charge in [0.15, 0.2) is 19.7 Å². The van der Waals surface area contributed by atoms with E-state index in [0.717, 1.165) is 11.1 Å². The summed E-state index contributed by atoms with van der Waals surface area (Å²) < 4.78 is 76.8. The molecule has 3 fully saturated rings. The summed E-state index contributed by atoms with van der Waals surface area (Å²) in [5.74, 6) is -0.949. The Bertz CT molecular complexity index is 1060. The first kappa shape index (κ1) is 19.3. The molecule has 11 heteroatoms. The topological polar surface area (TPSA) is 118 Å². The first-order valence-electron chi connectivity index (χ1n) is 8.67. The quantitative estimate of drug-likeness (QED) is 0.649. The maximum Gasteiger partial charge on any atom is 0.243 e. The Morgan fingerprint density at radius 3 is 1.89 bits per heavy atom. The molecule has 3 heterocycles. The van der Waals surface area contributed by atoms with Crippen molar-refractivity contribution in [2.24, 2.45) is 0 Å². The van der Waals surface area contributed by atoms with E-state index in [1.54, 1.807) is 19.1 Å². The van der Waals surface area contributed by atoms with Gasteiger partial charge in [-0.15, -0.1) is 0 Å². The van der Waals surface area contributed by atoms with E-state index in [9.17, 15) is 25.3 Å². The number of aryl methyl sites for hydroxylation is 2. The highest BCUT2D eigenvalue weighted by Crippen LogP contribution is 2.36. The summed E-state index contributed by atoms with van der Waals surface area (Å²) in [6.07, 6.45) is 0. The molecule has 0 amide bonds. The number of hydrogen-bond acceptors (Lipinski definition) is 7. The third-order valence-corrected chi connectivity index (χ3v) is 11.2. The van der Waals surface area contributed by atoms with Crippen molar-refractivity contribution in [2.45, 2.75) is 42.9 Å². The Morgan fingerprint density at radius 2 is 1.41 bits per heavy atom. The molecule has 0 unspecified atom stereocenters. The molecule has 8 nitrogen and oxygen atoms in total. The molecule has 27 heavy (non-hydrogen) atoms. The smallest absolute Gasteiger partial charge is 0.243 e. The van der Waals surface area contributed by atoms with Crippen LogP contribution in [0.3, 0.4) is 0 Å². The van der Waals surface area contributed by atoms with Gasteiger partial charge < -0.3 is 5.32 Å². The monoisotopic (exact) mass is 434 g/mol. The minimum absolute atomic E-state index is 0.0681. The predicted molar refractivity (Wildman–Crippen MR) is 101 cm³/mol. The molecule has 0 saturated carbocycles. The van der Waals surface area contributed by atoms with Gasteiger partial charge in [-0.25, -0.2) is 25.3 Å². The van der Waals surface area contributed by atoms with Crippen molar-refractivity contribution in [2.75, 3.05) is 23.0 Å². The number of piperazine rings is 1. The van der Waals surface area contributed by atoms with Crippen LogP contribution in [0.1, 0.15) is 11.1 Å². The molecule has 4 atom stereocenters. The van der Waals surface area contributed by atoms with Gasteiger partial charge in [0, 0.05) is 12.1 Å². The second kappa shape index (κ2) is 5.99. The highest BCUT2D eigenvalue weighted by atomic mass is 32.2. The number of sulfone groups is 2. The summed E-state index contributed by atoms with van der Waals surface area (Å²) in [7, 11) is -10.8. The number of nitrogens with one attached hydrogen (secondary N) is 1. The Labute approximate surface area is 159 Å². The number of fused-ring (bicyclic) bond motifs is 2. The standard InChI is InChI=1S/C16H22N2O6S3/c1-10-3-4-12(5-11(10)2)27(23,24)18-15-8-25(19,20)6-13(15)17-14-7-26(21,22)9-16(14)18/h3-5,13-17H,6-9H2,1-2H3/t13-,14-,15+,16+/m0/s1. The molecule has 3 saturated heterocycles. The summed E-state index contributed by atoms with van der Waals surface area (Å²) in [6.45, 7) is 3.67. The molecular formula is C16H22N2O6S3. The first-order chi connectivity index (χ1) is 12.4. The zero-order valence-corrected chi connectivity index (χ0v) is 17.4. The van der Waals surface area contributed by atoms with Gasteiger partial charge in [0.05, 0.1) is 40.0 Å². The molecule has 3 aliphatic heterocycles. The lowest BCUT2D eigenvalue weighted by Crippen LogP contribution is -2.67. The minimum atomic E-state index is -4.05. The molecule has 1 aromatic carbocycles. The average molecular weight is 435 g/mol. The van der Waals surface area contributed by atoms with E-state index in [2.05, 4.69) is 5.32 Å². The predicted octanol–water partition coefficient (Wildman–Crippen LogP) is -0.771. The van der Waals surface area contributed by atoms with Crippen molar-refractivity contribution in [3.8, 4) is 0 Å². The van der Waals surface area contributed by atoms with Gasteiger partial charge in [0.1, 0.15) is 0 Å². The van der Waals surface area contributed by atoms with E-state index >= 15 is 0 Å². The lowest BCUT2D eigenvalue weighted by atomic mass is 10.0. The molecule has 0 aliphatic carbocycles. The summed E-state index contributed by atoms with van der Waals surface area (Å²) >= 11 is 0. The van der Waals surface area contributed by atoms with E-state index in [-0.39, 0.29) is 27.9 Å². The second-order valence-corrected chi connectivity index (χ2v) is 13.9. The van der Waals surface area contributed by atoms with Gasteiger partial charge >= 0.3 is 0 Å². The van der Waals surface area contributed by atoms with Crippen LogP contribution >= 0.6 is 0 Å². The SMILES string of the molecule is Cc1ccc(S(=O)(=O)N2[C@@H]3CS(=O)(=O)C[C@@H]3N[C@H]3CS(=O)(=O)C[C@H]32)cc1C. The van der Waals surface area contributed by atoms with Crippen molar-refractivity contribution in [3.63, 3.8) is 0 Å². The number of rotatable bonds is 2. The lowest BCUT2D eigenvalue weighted by Gasteiger charge is -2.43. The maximum absolute atomic E-state index is 13.5. The highest BCUT2D eigenvalue weighted by Gasteiger charge is 2.57. The number of sulfonamides is 1. The van der Waals surface area contributed by atoms with Crippen LogP contribution < -0.4 is 5.32 Å². The summed E-state index contributed by atoms with van der Waals surface area (Å²) in [6, 6.07) is 1.99. The molecular weight excluding hydrogens is 412 g/mol. The van der Waals surface area contributed by atoms with Gasteiger partial charge in [0.2, 0.25) is 10.0 Å². The minimum Gasteiger partial charge on any atom is -0.306 e. The van der Waals surface area contributed by atoms with Crippen molar-refractivity contribution in [1.82, 2.24) is 9.62 Å². The fourth-order valence-corrected chi connectivity index (χ4v) is 10.3. The van der Waals surface area contributed by atoms with Crippen molar-refractivity contribution >= 4 is 29.7 Å². The maximum atomic E-state index is 13.5. The summed E-state index contributed by atoms with van der Waals surface area (Å²) in [5, 5.41) is 3.10. The van der Waals surface area contributed by atoms with Gasteiger partial charge in [-0.2, -0.15) is 4.31 Å². The van der Waals surface area contributed by atoms with Crippen LogP contribution in [0.25, 0.3) is 0 Å². The molecule has 0 radical (unpaired) electrons. The zero-order valence-electron chi connectivity index (χ0n) is 15.0. The molecule has 4 rings (SSSR count). The van der Waals surface area contributed by atoms with E-state index in [1.165, 1.54) is 10.4 Å². The van der Waals surface area contributed by atoms with E-state index in [1.807, 2.05) is 6.92 Å². The fourth-order valence-electron chi connectivity index (χ4n) is 4.35. The van der Waals surface area contributed by atoms with Crippen LogP contribution in [-0.4, -0.2) is 76.7 Å². The lowest BCUT2D eigenvalue weighted by molar-refractivity contribution is 0.160. The Kier molecular flexibility index (Phi) is 4.29. The van der Waals surface area contributed by atoms with Gasteiger partial charge in [-0.3, -0.25) is 0 Å². The molecule has 0 spiro atoms. The van der Waals surface area contributed by atoms with Crippen LogP contribution in [-0.2, 0) is 29.7 Å². The first-order valence-corrected chi connectivity index (χ1v) is 13.8. The largest absolute Gasteiger partial charge is 0.306 e. The number of nitrogens with zero attached hydrogens (tertiary/aromatic N) is 1. The third-order valence-electron chi connectivity index (χ3n) is 5.78. The molecule has 1 N–H and O–H groups in total. The van der Waals surface area contributed by atoms with Crippen LogP contribution in [0, 0.1) is 13.8 Å². The molecule has 1 aromatic rings. The van der Waals surface area contributed by atoms with Crippen LogP contribution in [0.4, 0.5) is 0 Å². The Morgan fingerprint density at radius 1 is 0.889 bits per heavy atom. The molecule has 0 aromatic heterocycles. The van der Waals surface area contributed by atoms with Crippen molar-refractivity contribution in [3.05, 3.63) is 29.3 Å². The van der Waals surface area contributed by atoms with E-state index < -0.39 is 53.9 Å². The zero-order chi connectivity index (χ0) is 19.8. The Balaban J connectivity index is 1.84. The number of hydrogen-bond donors (Lipinski definition) is 1. The van der Waals surface area contributed by atoms with Crippen LogP contribution in [0.15, 0.2) is 23.1 Å². The van der Waals surface area contributed by atoms with Gasteiger partial charge in [-0.05, 0) is 37.1 Å². The van der Waals surface area contributed by atoms with Crippen molar-refractivity contribution in [1.29, 1.82) is 0 Å². The fraction of sp³-hybridized carbons (Fsp3) is 0.625. The summed E-state index contributed by atoms with van der Waals surface area (Å²) in [5.41, 5.74) is 1.74. The van der Waals surface area contributed by atoms with E-state index in [4.69, 9.17) is 0 Å². The number of benzene rings is 1.